The van der Waals surface area contributed by atoms with Crippen LogP contribution in [-0.2, 0) is 6.42 Å². The van der Waals surface area contributed by atoms with Gasteiger partial charge >= 0.3 is 0 Å². The van der Waals surface area contributed by atoms with E-state index in [1.807, 2.05) is 5.38 Å². The fraction of sp³-hybridized carbons (Fsp3) is 0.455. The van der Waals surface area contributed by atoms with Crippen molar-refractivity contribution in [3.63, 3.8) is 0 Å². The van der Waals surface area contributed by atoms with Crippen molar-refractivity contribution < 1.29 is 13.7 Å². The van der Waals surface area contributed by atoms with Crippen molar-refractivity contribution in [3.05, 3.63) is 51.6 Å². The van der Waals surface area contributed by atoms with Crippen LogP contribution < -0.4 is 0 Å². The maximum absolute atomic E-state index is 13.4. The lowest BCUT2D eigenvalue weighted by atomic mass is 9.85. The van der Waals surface area contributed by atoms with Crippen molar-refractivity contribution >= 4 is 40.5 Å². The van der Waals surface area contributed by atoms with E-state index in [0.29, 0.717) is 17.3 Å². The Labute approximate surface area is 179 Å². The maximum Gasteiger partial charge on any atom is 0.176 e. The number of hydrogen-bond acceptors (Lipinski definition) is 5. The zero-order chi connectivity index (χ0) is 19.1. The third-order valence-corrected chi connectivity index (χ3v) is 7.30. The molecule has 1 saturated heterocycles. The van der Waals surface area contributed by atoms with Gasteiger partial charge in [-0.1, -0.05) is 5.16 Å². The summed E-state index contributed by atoms with van der Waals surface area (Å²) in [6.45, 7) is 2.99. The molecule has 1 aromatic carbocycles. The van der Waals surface area contributed by atoms with E-state index in [2.05, 4.69) is 16.1 Å². The van der Waals surface area contributed by atoms with E-state index in [0.717, 1.165) is 67.7 Å². The lowest BCUT2D eigenvalue weighted by Gasteiger charge is -2.32. The summed E-state index contributed by atoms with van der Waals surface area (Å²) in [7, 11) is 0. The number of likely N-dealkylation sites (tertiary alicyclic amines) is 1. The van der Waals surface area contributed by atoms with Crippen molar-refractivity contribution in [2.45, 2.75) is 38.0 Å². The molecular formula is C22H24ClFN2O2S. The molecule has 0 saturated carbocycles. The summed E-state index contributed by atoms with van der Waals surface area (Å²) in [5.74, 6) is 0.593. The Morgan fingerprint density at radius 1 is 1.21 bits per heavy atom. The molecule has 0 amide bonds. The number of benzene rings is 1. The van der Waals surface area contributed by atoms with Crippen molar-refractivity contribution in [3.8, 4) is 0 Å². The second-order valence-electron chi connectivity index (χ2n) is 7.99. The Bertz CT molecular complexity index is 1010. The number of piperidine rings is 1. The molecule has 154 valence electrons. The van der Waals surface area contributed by atoms with Crippen molar-refractivity contribution in [1.82, 2.24) is 10.1 Å². The number of aryl methyl sites for hydroxylation is 1. The fourth-order valence-electron chi connectivity index (χ4n) is 4.66. The number of fused-ring (bicyclic) bond motifs is 2. The van der Waals surface area contributed by atoms with Crippen molar-refractivity contribution in [2.24, 2.45) is 5.92 Å². The van der Waals surface area contributed by atoms with E-state index in [4.69, 9.17) is 4.52 Å². The zero-order valence-corrected chi connectivity index (χ0v) is 17.7. The number of halogens is 2. The van der Waals surface area contributed by atoms with Crippen molar-refractivity contribution in [1.29, 1.82) is 0 Å². The van der Waals surface area contributed by atoms with Crippen LogP contribution in [0.3, 0.4) is 0 Å². The van der Waals surface area contributed by atoms with Gasteiger partial charge in [0.1, 0.15) is 5.82 Å². The molecule has 1 aliphatic carbocycles. The molecule has 1 atom stereocenters. The van der Waals surface area contributed by atoms with E-state index in [1.54, 1.807) is 17.4 Å². The van der Waals surface area contributed by atoms with Crippen LogP contribution in [0.25, 0.3) is 11.0 Å². The molecule has 2 aliphatic rings. The largest absolute Gasteiger partial charge is 0.356 e. The predicted octanol–water partition coefficient (Wildman–Crippen LogP) is 5.47. The summed E-state index contributed by atoms with van der Waals surface area (Å²) in [6.07, 6.45) is 5.02. The van der Waals surface area contributed by atoms with Crippen LogP contribution in [0.4, 0.5) is 4.39 Å². The number of aromatic nitrogens is 1. The summed E-state index contributed by atoms with van der Waals surface area (Å²) in [4.78, 5) is 16.1. The fourth-order valence-corrected chi connectivity index (χ4v) is 5.64. The van der Waals surface area contributed by atoms with Crippen LogP contribution in [0.1, 0.15) is 52.5 Å². The minimum Gasteiger partial charge on any atom is -0.356 e. The first-order valence-electron chi connectivity index (χ1n) is 10.1. The molecule has 0 radical (unpaired) electrons. The first kappa shape index (κ1) is 20.5. The standard InChI is InChI=1S/C22H23FN2O2S.ClH/c23-17-3-4-18-19(13-17)27-24-20(18)14-5-9-25(10-6-14)11-7-15-1-2-16-8-12-28-22(16)21(15)26;/h3-4,8,12-15H,1-2,5-7,9-11H2;1H. The third kappa shape index (κ3) is 3.98. The molecule has 2 aromatic heterocycles. The Kier molecular flexibility index (Phi) is 6.04. The second-order valence-corrected chi connectivity index (χ2v) is 8.90. The summed E-state index contributed by atoms with van der Waals surface area (Å²) in [6, 6.07) is 6.75. The van der Waals surface area contributed by atoms with Gasteiger partial charge < -0.3 is 9.42 Å². The summed E-state index contributed by atoms with van der Waals surface area (Å²) in [5.41, 5.74) is 2.73. The van der Waals surface area contributed by atoms with E-state index < -0.39 is 0 Å². The van der Waals surface area contributed by atoms with Gasteiger partial charge in [0, 0.05) is 23.3 Å². The van der Waals surface area contributed by atoms with Gasteiger partial charge in [-0.25, -0.2) is 4.39 Å². The molecule has 1 aliphatic heterocycles. The zero-order valence-electron chi connectivity index (χ0n) is 16.1. The van der Waals surface area contributed by atoms with Crippen LogP contribution in [0.2, 0.25) is 0 Å². The summed E-state index contributed by atoms with van der Waals surface area (Å²) >= 11 is 1.60. The van der Waals surface area contributed by atoms with Gasteiger partial charge in [-0.2, -0.15) is 0 Å². The highest BCUT2D eigenvalue weighted by atomic mass is 35.5. The molecule has 0 N–H and O–H groups in total. The van der Waals surface area contributed by atoms with Gasteiger partial charge in [-0.15, -0.1) is 23.7 Å². The second kappa shape index (κ2) is 8.54. The highest BCUT2D eigenvalue weighted by Gasteiger charge is 2.30. The molecule has 3 aromatic rings. The summed E-state index contributed by atoms with van der Waals surface area (Å²) < 4.78 is 18.7. The molecule has 29 heavy (non-hydrogen) atoms. The molecular weight excluding hydrogens is 411 g/mol. The SMILES string of the molecule is Cl.O=C1c2sccc2CCC1CCN1CCC(c2noc3cc(F)ccc23)CC1. The average Bonchev–Trinajstić information content (AvgIpc) is 3.35. The average molecular weight is 435 g/mol. The topological polar surface area (TPSA) is 46.3 Å². The van der Waals surface area contributed by atoms with Crippen molar-refractivity contribution in [2.75, 3.05) is 19.6 Å². The Hall–Kier alpha value is -1.76. The number of Topliss-reactive ketones (excluding diaryl/α,β-unsaturated/α-hetero) is 1. The van der Waals surface area contributed by atoms with E-state index >= 15 is 0 Å². The normalized spacial score (nSPS) is 20.6. The van der Waals surface area contributed by atoms with Gasteiger partial charge in [0.05, 0.1) is 10.6 Å². The Morgan fingerprint density at radius 3 is 2.86 bits per heavy atom. The number of hydrogen-bond donors (Lipinski definition) is 0. The van der Waals surface area contributed by atoms with Gasteiger partial charge in [-0.3, -0.25) is 4.79 Å². The van der Waals surface area contributed by atoms with E-state index in [1.165, 1.54) is 17.7 Å². The lowest BCUT2D eigenvalue weighted by Crippen LogP contribution is -2.35. The van der Waals surface area contributed by atoms with Gasteiger partial charge in [0.15, 0.2) is 11.4 Å². The summed E-state index contributed by atoms with van der Waals surface area (Å²) in [5, 5.41) is 7.20. The molecule has 4 nitrogen and oxygen atoms in total. The molecule has 5 rings (SSSR count). The number of carbonyl (C=O) groups excluding carboxylic acids is 1. The minimum absolute atomic E-state index is 0. The maximum atomic E-state index is 13.4. The van der Waals surface area contributed by atoms with E-state index in [-0.39, 0.29) is 24.1 Å². The number of rotatable bonds is 4. The highest BCUT2D eigenvalue weighted by molar-refractivity contribution is 7.12. The molecule has 7 heteroatoms. The molecule has 0 bridgehead atoms. The first-order valence-corrected chi connectivity index (χ1v) is 10.9. The third-order valence-electron chi connectivity index (χ3n) is 6.33. The first-order chi connectivity index (χ1) is 13.7. The van der Waals surface area contributed by atoms with Crippen LogP contribution >= 0.6 is 23.7 Å². The van der Waals surface area contributed by atoms with Crippen LogP contribution in [0.5, 0.6) is 0 Å². The Balaban J connectivity index is 0.00000205. The monoisotopic (exact) mass is 434 g/mol. The quantitative estimate of drug-likeness (QED) is 0.546. The van der Waals surface area contributed by atoms with Crippen LogP contribution in [0, 0.1) is 11.7 Å². The lowest BCUT2D eigenvalue weighted by molar-refractivity contribution is 0.0882. The van der Waals surface area contributed by atoms with Gasteiger partial charge in [0.25, 0.3) is 0 Å². The number of carbonyl (C=O) groups is 1. The number of thiophene rings is 1. The van der Waals surface area contributed by atoms with Gasteiger partial charge in [-0.05, 0) is 80.9 Å². The van der Waals surface area contributed by atoms with E-state index in [9.17, 15) is 9.18 Å². The van der Waals surface area contributed by atoms with Gasteiger partial charge in [0.2, 0.25) is 0 Å². The number of ketones is 1. The molecule has 1 unspecified atom stereocenters. The minimum atomic E-state index is -0.294. The molecule has 3 heterocycles. The number of nitrogens with zero attached hydrogens (tertiary/aromatic N) is 2. The molecule has 1 fully saturated rings. The highest BCUT2D eigenvalue weighted by Crippen LogP contribution is 2.34. The van der Waals surface area contributed by atoms with Crippen LogP contribution in [-0.4, -0.2) is 35.5 Å². The predicted molar refractivity (Wildman–Crippen MR) is 115 cm³/mol. The molecule has 0 spiro atoms. The Morgan fingerprint density at radius 2 is 2.03 bits per heavy atom. The van der Waals surface area contributed by atoms with Crippen LogP contribution in [0.15, 0.2) is 34.2 Å². The smallest absolute Gasteiger partial charge is 0.176 e.